The Morgan fingerprint density at radius 1 is 1.12 bits per heavy atom. The van der Waals surface area contributed by atoms with Crippen LogP contribution in [0.2, 0.25) is 5.02 Å². The summed E-state index contributed by atoms with van der Waals surface area (Å²) in [5.74, 6) is -0.318. The van der Waals surface area contributed by atoms with Gasteiger partial charge in [0, 0.05) is 24.2 Å². The van der Waals surface area contributed by atoms with Crippen molar-refractivity contribution in [2.24, 2.45) is 0 Å². The van der Waals surface area contributed by atoms with E-state index in [-0.39, 0.29) is 17.3 Å². The number of halogens is 1. The predicted molar refractivity (Wildman–Crippen MR) is 139 cm³/mol. The van der Waals surface area contributed by atoms with E-state index in [1.165, 1.54) is 47.8 Å². The largest absolute Gasteiger partial charge is 0.354 e. The fraction of sp³-hybridized carbons (Fsp3) is 0.500. The molecule has 34 heavy (non-hydrogen) atoms. The second-order valence-electron chi connectivity index (χ2n) is 9.03. The highest BCUT2D eigenvalue weighted by molar-refractivity contribution is 7.92. The minimum Gasteiger partial charge on any atom is -0.354 e. The van der Waals surface area contributed by atoms with Crippen molar-refractivity contribution in [3.63, 3.8) is 0 Å². The Morgan fingerprint density at radius 3 is 2.53 bits per heavy atom. The summed E-state index contributed by atoms with van der Waals surface area (Å²) in [6.45, 7) is 8.43. The van der Waals surface area contributed by atoms with Crippen molar-refractivity contribution in [1.29, 1.82) is 0 Å². The van der Waals surface area contributed by atoms with Gasteiger partial charge in [-0.1, -0.05) is 31.0 Å². The maximum atomic E-state index is 13.5. The molecule has 0 aromatic heterocycles. The predicted octanol–water partition coefficient (Wildman–Crippen LogP) is 4.92. The van der Waals surface area contributed by atoms with Gasteiger partial charge in [-0.25, -0.2) is 8.42 Å². The lowest BCUT2D eigenvalue weighted by atomic mass is 10.00. The van der Waals surface area contributed by atoms with Crippen molar-refractivity contribution in [2.75, 3.05) is 30.5 Å². The van der Waals surface area contributed by atoms with Crippen molar-refractivity contribution in [3.05, 3.63) is 58.6 Å². The molecule has 1 fully saturated rings. The number of anilines is 1. The number of sulfonamides is 1. The summed E-state index contributed by atoms with van der Waals surface area (Å²) in [6.07, 6.45) is 5.77. The normalized spacial score (nSPS) is 16.9. The van der Waals surface area contributed by atoms with E-state index in [0.29, 0.717) is 23.3 Å². The van der Waals surface area contributed by atoms with Crippen LogP contribution in [0.25, 0.3) is 0 Å². The molecule has 8 heteroatoms. The highest BCUT2D eigenvalue weighted by Crippen LogP contribution is 2.26. The number of nitrogens with zero attached hydrogens (tertiary/aromatic N) is 2. The minimum atomic E-state index is -3.95. The van der Waals surface area contributed by atoms with Crippen LogP contribution >= 0.6 is 11.6 Å². The maximum Gasteiger partial charge on any atom is 0.264 e. The summed E-state index contributed by atoms with van der Waals surface area (Å²) in [6, 6.07) is 12.1. The van der Waals surface area contributed by atoms with E-state index in [1.807, 2.05) is 19.9 Å². The lowest BCUT2D eigenvalue weighted by Crippen LogP contribution is -2.43. The van der Waals surface area contributed by atoms with E-state index in [0.717, 1.165) is 37.1 Å². The number of carbonyl (C=O) groups excluding carboxylic acids is 1. The standard InChI is InChI=1S/C26H36ClN3O3S/c1-4-23-8-5-6-16-29(23)17-7-15-28-26(31)19-30(24-12-9-20(2)21(3)18-24)34(32,33)25-13-10-22(27)11-14-25/h9-14,18,23H,4-8,15-17,19H2,1-3H3,(H,28,31). The Morgan fingerprint density at radius 2 is 1.85 bits per heavy atom. The van der Waals surface area contributed by atoms with Crippen molar-refractivity contribution in [3.8, 4) is 0 Å². The fourth-order valence-electron chi connectivity index (χ4n) is 4.44. The topological polar surface area (TPSA) is 69.7 Å². The second-order valence-corrected chi connectivity index (χ2v) is 11.3. The number of nitrogens with one attached hydrogen (secondary N) is 1. The summed E-state index contributed by atoms with van der Waals surface area (Å²) in [7, 11) is -3.95. The van der Waals surface area contributed by atoms with Gasteiger partial charge in [0.25, 0.3) is 10.0 Å². The van der Waals surface area contributed by atoms with Crippen LogP contribution in [0, 0.1) is 13.8 Å². The van der Waals surface area contributed by atoms with Crippen LogP contribution in [0.5, 0.6) is 0 Å². The number of aryl methyl sites for hydroxylation is 2. The Balaban J connectivity index is 1.69. The third-order valence-corrected chi connectivity index (χ3v) is 8.67. The average molecular weight is 506 g/mol. The zero-order chi connectivity index (χ0) is 24.7. The third kappa shape index (κ3) is 6.74. The molecule has 0 bridgehead atoms. The zero-order valence-electron chi connectivity index (χ0n) is 20.4. The molecule has 2 aromatic carbocycles. The van der Waals surface area contributed by atoms with Crippen molar-refractivity contribution in [2.45, 2.75) is 63.8 Å². The Labute approximate surface area is 209 Å². The van der Waals surface area contributed by atoms with Crippen LogP contribution in [-0.4, -0.2) is 51.4 Å². The first-order valence-electron chi connectivity index (χ1n) is 12.1. The summed E-state index contributed by atoms with van der Waals surface area (Å²) < 4.78 is 28.1. The summed E-state index contributed by atoms with van der Waals surface area (Å²) in [5.41, 5.74) is 2.48. The first-order chi connectivity index (χ1) is 16.2. The van der Waals surface area contributed by atoms with Crippen LogP contribution in [-0.2, 0) is 14.8 Å². The van der Waals surface area contributed by atoms with Crippen LogP contribution in [0.3, 0.4) is 0 Å². The SMILES string of the molecule is CCC1CCCCN1CCCNC(=O)CN(c1ccc(C)c(C)c1)S(=O)(=O)c1ccc(Cl)cc1. The van der Waals surface area contributed by atoms with E-state index < -0.39 is 10.0 Å². The second kappa shape index (κ2) is 12.0. The monoisotopic (exact) mass is 505 g/mol. The smallest absolute Gasteiger partial charge is 0.264 e. The molecule has 186 valence electrons. The molecule has 0 spiro atoms. The molecular weight excluding hydrogens is 470 g/mol. The molecule has 0 radical (unpaired) electrons. The van der Waals surface area contributed by atoms with Crippen LogP contribution in [0.4, 0.5) is 5.69 Å². The Bertz CT molecular complexity index is 1070. The van der Waals surface area contributed by atoms with Crippen molar-refractivity contribution < 1.29 is 13.2 Å². The van der Waals surface area contributed by atoms with E-state index in [9.17, 15) is 13.2 Å². The lowest BCUT2D eigenvalue weighted by molar-refractivity contribution is -0.119. The Hall–Kier alpha value is -2.09. The van der Waals surface area contributed by atoms with Gasteiger partial charge in [-0.15, -0.1) is 0 Å². The minimum absolute atomic E-state index is 0.0960. The van der Waals surface area contributed by atoms with Gasteiger partial charge in [0.15, 0.2) is 0 Å². The molecule has 0 saturated carbocycles. The molecule has 1 heterocycles. The molecule has 6 nitrogen and oxygen atoms in total. The van der Waals surface area contributed by atoms with Crippen LogP contribution in [0.15, 0.2) is 47.4 Å². The van der Waals surface area contributed by atoms with Crippen molar-refractivity contribution in [1.82, 2.24) is 10.2 Å². The van der Waals surface area contributed by atoms with E-state index in [2.05, 4.69) is 17.1 Å². The van der Waals surface area contributed by atoms with E-state index in [4.69, 9.17) is 11.6 Å². The molecule has 3 rings (SSSR count). The van der Waals surface area contributed by atoms with Crippen LogP contribution in [0.1, 0.15) is 50.2 Å². The number of carbonyl (C=O) groups is 1. The maximum absolute atomic E-state index is 13.5. The number of rotatable bonds is 10. The number of benzene rings is 2. The molecule has 1 amide bonds. The molecular formula is C26H36ClN3O3S. The molecule has 1 atom stereocenters. The molecule has 1 N–H and O–H groups in total. The molecule has 2 aromatic rings. The van der Waals surface area contributed by atoms with Gasteiger partial charge in [0.05, 0.1) is 10.6 Å². The van der Waals surface area contributed by atoms with Crippen LogP contribution < -0.4 is 9.62 Å². The van der Waals surface area contributed by atoms with Gasteiger partial charge in [-0.3, -0.25) is 9.10 Å². The molecule has 1 saturated heterocycles. The van der Waals surface area contributed by atoms with Gasteiger partial charge in [0.2, 0.25) is 5.91 Å². The zero-order valence-corrected chi connectivity index (χ0v) is 22.0. The van der Waals surface area contributed by atoms with Gasteiger partial charge < -0.3 is 10.2 Å². The number of amides is 1. The van der Waals surface area contributed by atoms with Gasteiger partial charge >= 0.3 is 0 Å². The van der Waals surface area contributed by atoms with E-state index in [1.54, 1.807) is 12.1 Å². The average Bonchev–Trinajstić information content (AvgIpc) is 2.82. The molecule has 1 aliphatic heterocycles. The van der Waals surface area contributed by atoms with Crippen molar-refractivity contribution >= 4 is 33.2 Å². The Kier molecular flexibility index (Phi) is 9.39. The van der Waals surface area contributed by atoms with Gasteiger partial charge in [-0.2, -0.15) is 0 Å². The summed E-state index contributed by atoms with van der Waals surface area (Å²) in [4.78, 5) is 15.4. The number of piperidine rings is 1. The number of hydrogen-bond donors (Lipinski definition) is 1. The first kappa shape index (κ1) is 26.5. The fourth-order valence-corrected chi connectivity index (χ4v) is 5.98. The molecule has 1 aliphatic rings. The lowest BCUT2D eigenvalue weighted by Gasteiger charge is -2.35. The quantitative estimate of drug-likeness (QED) is 0.465. The first-order valence-corrected chi connectivity index (χ1v) is 13.9. The summed E-state index contributed by atoms with van der Waals surface area (Å²) >= 11 is 5.95. The highest BCUT2D eigenvalue weighted by atomic mass is 35.5. The van der Waals surface area contributed by atoms with Gasteiger partial charge in [-0.05, 0) is 93.6 Å². The summed E-state index contributed by atoms with van der Waals surface area (Å²) in [5, 5.41) is 3.37. The molecule has 1 unspecified atom stereocenters. The third-order valence-electron chi connectivity index (χ3n) is 6.63. The van der Waals surface area contributed by atoms with Gasteiger partial charge in [0.1, 0.15) is 6.54 Å². The number of likely N-dealkylation sites (tertiary alicyclic amines) is 1. The molecule has 0 aliphatic carbocycles. The van der Waals surface area contributed by atoms with E-state index >= 15 is 0 Å². The number of hydrogen-bond acceptors (Lipinski definition) is 4. The highest BCUT2D eigenvalue weighted by Gasteiger charge is 2.27.